The predicted octanol–water partition coefficient (Wildman–Crippen LogP) is 2.32. The van der Waals surface area contributed by atoms with Crippen molar-refractivity contribution in [3.63, 3.8) is 0 Å². The molecule has 6 rings (SSSR count). The molecule has 0 spiro atoms. The van der Waals surface area contributed by atoms with Gasteiger partial charge in [0.05, 0.1) is 29.0 Å². The molecule has 7 heteroatoms. The van der Waals surface area contributed by atoms with Gasteiger partial charge in [0.2, 0.25) is 0 Å². The average molecular weight is 403 g/mol. The van der Waals surface area contributed by atoms with Gasteiger partial charge in [0.25, 0.3) is 5.56 Å². The van der Waals surface area contributed by atoms with Crippen molar-refractivity contribution in [2.45, 2.75) is 51.4 Å². The van der Waals surface area contributed by atoms with Crippen molar-refractivity contribution in [3.8, 4) is 11.4 Å². The third-order valence-electron chi connectivity index (χ3n) is 6.94. The third-order valence-corrected chi connectivity index (χ3v) is 6.94. The third kappa shape index (κ3) is 2.05. The number of nitrogen functional groups attached to an aromatic ring is 1. The Labute approximate surface area is 172 Å². The van der Waals surface area contributed by atoms with Crippen LogP contribution in [0.3, 0.4) is 0 Å². The van der Waals surface area contributed by atoms with Crippen molar-refractivity contribution < 1.29 is 14.6 Å². The maximum absolute atomic E-state index is 13.2. The van der Waals surface area contributed by atoms with E-state index in [1.165, 1.54) is 5.56 Å². The van der Waals surface area contributed by atoms with Crippen LogP contribution in [0.2, 0.25) is 0 Å². The summed E-state index contributed by atoms with van der Waals surface area (Å²) in [5.41, 5.74) is 13.0. The van der Waals surface area contributed by atoms with E-state index >= 15 is 0 Å². The number of hydrogen-bond donors (Lipinski definition) is 2. The van der Waals surface area contributed by atoms with Gasteiger partial charge in [0.15, 0.2) is 6.10 Å². The summed E-state index contributed by atoms with van der Waals surface area (Å²) in [7, 11) is 0. The number of pyridine rings is 2. The lowest BCUT2D eigenvalue weighted by atomic mass is 9.70. The van der Waals surface area contributed by atoms with Gasteiger partial charge in [0, 0.05) is 22.2 Å². The van der Waals surface area contributed by atoms with Crippen molar-refractivity contribution in [1.82, 2.24) is 9.55 Å². The van der Waals surface area contributed by atoms with Crippen LogP contribution in [0.25, 0.3) is 22.3 Å². The van der Waals surface area contributed by atoms with Crippen molar-refractivity contribution in [2.75, 3.05) is 5.73 Å². The monoisotopic (exact) mass is 403 g/mol. The van der Waals surface area contributed by atoms with Gasteiger partial charge >= 0.3 is 5.97 Å². The number of rotatable bonds is 0. The molecule has 0 saturated heterocycles. The first kappa shape index (κ1) is 17.7. The van der Waals surface area contributed by atoms with Crippen LogP contribution in [-0.4, -0.2) is 20.6 Å². The van der Waals surface area contributed by atoms with Crippen LogP contribution in [0.15, 0.2) is 23.0 Å². The largest absolute Gasteiger partial charge is 0.458 e. The number of cyclic esters (lactones) is 1. The second-order valence-electron chi connectivity index (χ2n) is 9.09. The summed E-state index contributed by atoms with van der Waals surface area (Å²) in [5.74, 6) is -0.729. The zero-order chi connectivity index (χ0) is 20.9. The second-order valence-corrected chi connectivity index (χ2v) is 9.09. The number of ether oxygens (including phenoxy) is 1. The maximum atomic E-state index is 13.2. The van der Waals surface area contributed by atoms with Gasteiger partial charge in [-0.25, -0.2) is 9.78 Å². The number of nitrogens with zero attached hydrogens (tertiary/aromatic N) is 2. The summed E-state index contributed by atoms with van der Waals surface area (Å²) >= 11 is 0. The van der Waals surface area contributed by atoms with Crippen LogP contribution in [0.5, 0.6) is 0 Å². The first-order chi connectivity index (χ1) is 14.3. The van der Waals surface area contributed by atoms with E-state index in [2.05, 4.69) is 13.8 Å². The Hall–Kier alpha value is -3.19. The number of aryl methyl sites for hydroxylation is 1. The van der Waals surface area contributed by atoms with Gasteiger partial charge in [-0.1, -0.05) is 13.8 Å². The highest BCUT2D eigenvalue weighted by Gasteiger charge is 2.39. The fourth-order valence-corrected chi connectivity index (χ4v) is 5.38. The predicted molar refractivity (Wildman–Crippen MR) is 111 cm³/mol. The Morgan fingerprint density at radius 2 is 2.03 bits per heavy atom. The van der Waals surface area contributed by atoms with Crippen molar-refractivity contribution >= 4 is 22.6 Å². The molecule has 1 atom stereocenters. The fraction of sp³-hybridized carbons (Fsp3) is 0.348. The molecule has 3 N–H and O–H groups in total. The molecule has 2 aliphatic heterocycles. The molecule has 3 aliphatic rings. The minimum absolute atomic E-state index is 0.0874. The summed E-state index contributed by atoms with van der Waals surface area (Å²) in [6.07, 6.45) is 0.414. The Balaban J connectivity index is 1.71. The molecule has 0 bridgehead atoms. The van der Waals surface area contributed by atoms with E-state index in [4.69, 9.17) is 15.5 Å². The fourth-order valence-electron chi connectivity index (χ4n) is 5.38. The van der Waals surface area contributed by atoms with Crippen molar-refractivity contribution in [1.29, 1.82) is 0 Å². The van der Waals surface area contributed by atoms with E-state index in [0.717, 1.165) is 46.3 Å². The molecule has 0 saturated carbocycles. The van der Waals surface area contributed by atoms with Gasteiger partial charge in [-0.15, -0.1) is 0 Å². The highest BCUT2D eigenvalue weighted by Crippen LogP contribution is 2.48. The van der Waals surface area contributed by atoms with Crippen LogP contribution >= 0.6 is 0 Å². The van der Waals surface area contributed by atoms with E-state index < -0.39 is 12.1 Å². The summed E-state index contributed by atoms with van der Waals surface area (Å²) in [4.78, 5) is 30.0. The van der Waals surface area contributed by atoms with Crippen LogP contribution in [0.4, 0.5) is 5.69 Å². The van der Waals surface area contributed by atoms with Gasteiger partial charge in [-0.2, -0.15) is 0 Å². The average Bonchev–Trinajstić information content (AvgIpc) is 3.07. The summed E-state index contributed by atoms with van der Waals surface area (Å²) < 4.78 is 6.67. The Morgan fingerprint density at radius 3 is 2.83 bits per heavy atom. The highest BCUT2D eigenvalue weighted by molar-refractivity contribution is 5.95. The van der Waals surface area contributed by atoms with E-state index in [-0.39, 0.29) is 17.6 Å². The molecule has 1 aliphatic carbocycles. The molecule has 3 aromatic rings. The molecule has 0 fully saturated rings. The van der Waals surface area contributed by atoms with Crippen molar-refractivity contribution in [3.05, 3.63) is 56.4 Å². The number of carbonyl (C=O) groups is 1. The van der Waals surface area contributed by atoms with E-state index in [0.29, 0.717) is 23.4 Å². The zero-order valence-electron chi connectivity index (χ0n) is 16.8. The van der Waals surface area contributed by atoms with Gasteiger partial charge < -0.3 is 20.1 Å². The summed E-state index contributed by atoms with van der Waals surface area (Å²) in [6.45, 7) is 4.74. The molecule has 1 unspecified atom stereocenters. The zero-order valence-corrected chi connectivity index (χ0v) is 16.8. The minimum Gasteiger partial charge on any atom is -0.458 e. The lowest BCUT2D eigenvalue weighted by Crippen LogP contribution is -2.32. The second kappa shape index (κ2) is 5.49. The molecule has 152 valence electrons. The first-order valence-corrected chi connectivity index (χ1v) is 10.1. The van der Waals surface area contributed by atoms with Crippen LogP contribution in [0, 0.1) is 0 Å². The van der Waals surface area contributed by atoms with Gasteiger partial charge in [-0.05, 0) is 47.6 Å². The Morgan fingerprint density at radius 1 is 1.23 bits per heavy atom. The molecule has 4 heterocycles. The van der Waals surface area contributed by atoms with Crippen LogP contribution < -0.4 is 11.3 Å². The number of esters is 1. The smallest absolute Gasteiger partial charge is 0.340 e. The lowest BCUT2D eigenvalue weighted by molar-refractivity contribution is -0.157. The van der Waals surface area contributed by atoms with Crippen LogP contribution in [-0.2, 0) is 34.5 Å². The normalized spacial score (nSPS) is 20.5. The SMILES string of the molecule is CC1(C)CCc2c(N)ccc3nc4c(c1c23)Cn1c-4cc2c(c1=O)COC(=O)C2O. The number of carbonyl (C=O) groups excluding carboxylic acids is 1. The summed E-state index contributed by atoms with van der Waals surface area (Å²) in [5, 5.41) is 11.4. The maximum Gasteiger partial charge on any atom is 0.340 e. The molecule has 0 radical (unpaired) electrons. The number of aliphatic hydroxyl groups is 1. The number of aliphatic hydroxyl groups excluding tert-OH is 1. The Bertz CT molecular complexity index is 1370. The van der Waals surface area contributed by atoms with Crippen molar-refractivity contribution in [2.24, 2.45) is 0 Å². The number of aromatic nitrogens is 2. The minimum atomic E-state index is -1.45. The molecule has 7 nitrogen and oxygen atoms in total. The van der Waals surface area contributed by atoms with Gasteiger partial charge in [-0.3, -0.25) is 4.79 Å². The topological polar surface area (TPSA) is 107 Å². The molecule has 2 aromatic heterocycles. The summed E-state index contributed by atoms with van der Waals surface area (Å²) in [6, 6.07) is 5.56. The number of nitrogens with two attached hydrogens (primary N) is 1. The van der Waals surface area contributed by atoms with E-state index in [1.54, 1.807) is 10.6 Å². The molecule has 30 heavy (non-hydrogen) atoms. The molecule has 1 aromatic carbocycles. The van der Waals surface area contributed by atoms with Gasteiger partial charge in [0.1, 0.15) is 6.61 Å². The molecule has 0 amide bonds. The number of hydrogen-bond acceptors (Lipinski definition) is 6. The number of anilines is 1. The molecular formula is C23H21N3O4. The Kier molecular flexibility index (Phi) is 3.23. The van der Waals surface area contributed by atoms with Crippen LogP contribution in [0.1, 0.15) is 54.2 Å². The van der Waals surface area contributed by atoms with E-state index in [1.807, 2.05) is 12.1 Å². The standard InChI is InChI=1S/C23H21N3O4/c1-23(2)6-5-10-14(24)3-4-15-17(10)18(23)12-8-26-16(19(12)25-15)7-11-13(21(26)28)9-30-22(29)20(11)27/h3-4,7,20,27H,5-6,8-9,24H2,1-2H3. The number of benzene rings is 1. The highest BCUT2D eigenvalue weighted by atomic mass is 16.5. The quantitative estimate of drug-likeness (QED) is 0.345. The van der Waals surface area contributed by atoms with E-state index in [9.17, 15) is 14.7 Å². The lowest BCUT2D eigenvalue weighted by Gasteiger charge is -2.34. The first-order valence-electron chi connectivity index (χ1n) is 10.1. The number of fused-ring (bicyclic) bond motifs is 5. The molecular weight excluding hydrogens is 382 g/mol.